The van der Waals surface area contributed by atoms with Gasteiger partial charge in [0.15, 0.2) is 5.60 Å². The molecule has 108 valence electrons. The van der Waals surface area contributed by atoms with Crippen molar-refractivity contribution in [2.24, 2.45) is 0 Å². The molecule has 0 amide bonds. The number of carbonyl (C=O) groups excluding carboxylic acids is 1. The van der Waals surface area contributed by atoms with E-state index in [1.54, 1.807) is 30.3 Å². The predicted molar refractivity (Wildman–Crippen MR) is 81.7 cm³/mol. The lowest BCUT2D eigenvalue weighted by atomic mass is 9.77. The van der Waals surface area contributed by atoms with Crippen LogP contribution in [0.1, 0.15) is 17.0 Å². The Bertz CT molecular complexity index is 607. The molecule has 3 nitrogen and oxygen atoms in total. The van der Waals surface area contributed by atoms with Gasteiger partial charge in [0, 0.05) is 5.92 Å². The summed E-state index contributed by atoms with van der Waals surface area (Å²) in [5.74, 6) is -1.31. The van der Waals surface area contributed by atoms with Gasteiger partial charge in [-0.15, -0.1) is 6.58 Å². The molecule has 2 aromatic carbocycles. The lowest BCUT2D eigenvalue weighted by Gasteiger charge is -2.32. The number of aliphatic hydroxyl groups is 1. The fourth-order valence-corrected chi connectivity index (χ4v) is 2.48. The smallest absolute Gasteiger partial charge is 0.343 e. The van der Waals surface area contributed by atoms with E-state index in [4.69, 9.17) is 4.74 Å². The highest BCUT2D eigenvalue weighted by atomic mass is 16.5. The molecular weight excluding hydrogens is 264 g/mol. The fourth-order valence-electron chi connectivity index (χ4n) is 2.48. The van der Waals surface area contributed by atoms with Gasteiger partial charge in [-0.05, 0) is 11.1 Å². The summed E-state index contributed by atoms with van der Waals surface area (Å²) in [5.41, 5.74) is -0.533. The van der Waals surface area contributed by atoms with Crippen molar-refractivity contribution in [2.45, 2.75) is 11.5 Å². The van der Waals surface area contributed by atoms with Crippen LogP contribution in [0.25, 0.3) is 0 Å². The van der Waals surface area contributed by atoms with Crippen LogP contribution in [0, 0.1) is 0 Å². The van der Waals surface area contributed by atoms with Crippen molar-refractivity contribution in [2.75, 3.05) is 7.11 Å². The molecule has 3 heteroatoms. The SMILES string of the molecule is C=C[C@@H](c1ccccc1)[C@@](O)(C(=O)OC)c1ccccc1. The number of hydrogen-bond donors (Lipinski definition) is 1. The second kappa shape index (κ2) is 6.37. The molecule has 2 rings (SSSR count). The van der Waals surface area contributed by atoms with E-state index in [2.05, 4.69) is 6.58 Å². The fraction of sp³-hybridized carbons (Fsp3) is 0.167. The van der Waals surface area contributed by atoms with Gasteiger partial charge in [-0.2, -0.15) is 0 Å². The number of benzene rings is 2. The third-order valence-electron chi connectivity index (χ3n) is 3.55. The molecule has 0 aliphatic carbocycles. The van der Waals surface area contributed by atoms with Crippen molar-refractivity contribution in [1.82, 2.24) is 0 Å². The number of carbonyl (C=O) groups is 1. The van der Waals surface area contributed by atoms with Crippen LogP contribution in [0.3, 0.4) is 0 Å². The summed E-state index contributed by atoms with van der Waals surface area (Å²) in [6.45, 7) is 3.78. The highest BCUT2D eigenvalue weighted by Gasteiger charge is 2.46. The van der Waals surface area contributed by atoms with Gasteiger partial charge < -0.3 is 9.84 Å². The minimum atomic E-state index is -1.81. The third-order valence-corrected chi connectivity index (χ3v) is 3.55. The molecule has 0 aromatic heterocycles. The molecule has 1 N–H and O–H groups in total. The van der Waals surface area contributed by atoms with Gasteiger partial charge in [0.1, 0.15) is 0 Å². The maximum absolute atomic E-state index is 12.3. The normalized spacial score (nSPS) is 14.8. The van der Waals surface area contributed by atoms with Crippen LogP contribution in [-0.4, -0.2) is 18.2 Å². The van der Waals surface area contributed by atoms with E-state index in [0.717, 1.165) is 5.56 Å². The molecule has 0 fully saturated rings. The average Bonchev–Trinajstić information content (AvgIpc) is 2.56. The monoisotopic (exact) mass is 282 g/mol. The van der Waals surface area contributed by atoms with Crippen molar-refractivity contribution in [1.29, 1.82) is 0 Å². The number of hydrogen-bond acceptors (Lipinski definition) is 3. The molecule has 2 atom stereocenters. The first-order valence-electron chi connectivity index (χ1n) is 6.68. The Morgan fingerprint density at radius 1 is 1.14 bits per heavy atom. The maximum atomic E-state index is 12.3. The topological polar surface area (TPSA) is 46.5 Å². The molecule has 0 unspecified atom stereocenters. The second-order valence-electron chi connectivity index (χ2n) is 4.75. The van der Waals surface area contributed by atoms with Gasteiger partial charge in [0.2, 0.25) is 0 Å². The van der Waals surface area contributed by atoms with E-state index in [0.29, 0.717) is 5.56 Å². The molecule has 0 radical (unpaired) electrons. The largest absolute Gasteiger partial charge is 0.467 e. The van der Waals surface area contributed by atoms with E-state index in [-0.39, 0.29) is 0 Å². The van der Waals surface area contributed by atoms with Crippen LogP contribution in [0.5, 0.6) is 0 Å². The first-order chi connectivity index (χ1) is 10.1. The molecule has 0 aliphatic heterocycles. The summed E-state index contributed by atoms with van der Waals surface area (Å²) in [5, 5.41) is 11.1. The Labute approximate surface area is 124 Å². The van der Waals surface area contributed by atoms with Gasteiger partial charge in [-0.3, -0.25) is 0 Å². The standard InChI is InChI=1S/C18H18O3/c1-3-16(14-10-6-4-7-11-14)18(20,17(19)21-2)15-12-8-5-9-13-15/h3-13,16,20H,1H2,2H3/t16-,18+/m0/s1. The Morgan fingerprint density at radius 3 is 2.14 bits per heavy atom. The Kier molecular flexibility index (Phi) is 4.55. The van der Waals surface area contributed by atoms with E-state index in [1.165, 1.54) is 7.11 Å². The maximum Gasteiger partial charge on any atom is 0.343 e. The molecule has 0 spiro atoms. The van der Waals surface area contributed by atoms with Crippen molar-refractivity contribution in [3.8, 4) is 0 Å². The zero-order valence-corrected chi connectivity index (χ0v) is 11.9. The first kappa shape index (κ1) is 15.0. The van der Waals surface area contributed by atoms with E-state index in [9.17, 15) is 9.90 Å². The Hall–Kier alpha value is -2.39. The number of esters is 1. The van der Waals surface area contributed by atoms with Crippen molar-refractivity contribution >= 4 is 5.97 Å². The summed E-state index contributed by atoms with van der Waals surface area (Å²) in [6.07, 6.45) is 1.57. The van der Waals surface area contributed by atoms with Crippen LogP contribution in [-0.2, 0) is 15.1 Å². The zero-order chi connectivity index (χ0) is 15.3. The summed E-state index contributed by atoms with van der Waals surface area (Å²) < 4.78 is 4.84. The number of rotatable bonds is 5. The lowest BCUT2D eigenvalue weighted by molar-refractivity contribution is -0.165. The summed E-state index contributed by atoms with van der Waals surface area (Å²) in [4.78, 5) is 12.3. The molecule has 0 bridgehead atoms. The van der Waals surface area contributed by atoms with Crippen LogP contribution in [0.2, 0.25) is 0 Å². The van der Waals surface area contributed by atoms with Crippen LogP contribution in [0.15, 0.2) is 73.3 Å². The minimum Gasteiger partial charge on any atom is -0.467 e. The zero-order valence-electron chi connectivity index (χ0n) is 11.9. The molecule has 0 aliphatic rings. The summed E-state index contributed by atoms with van der Waals surface area (Å²) >= 11 is 0. The number of ether oxygens (including phenoxy) is 1. The van der Waals surface area contributed by atoms with E-state index in [1.807, 2.05) is 36.4 Å². The molecule has 0 saturated carbocycles. The van der Waals surface area contributed by atoms with Crippen LogP contribution < -0.4 is 0 Å². The van der Waals surface area contributed by atoms with Gasteiger partial charge in [0.05, 0.1) is 7.11 Å². The third kappa shape index (κ3) is 2.73. The first-order valence-corrected chi connectivity index (χ1v) is 6.68. The van der Waals surface area contributed by atoms with Gasteiger partial charge in [-0.25, -0.2) is 4.79 Å². The predicted octanol–water partition coefficient (Wildman–Crippen LogP) is 3.02. The minimum absolute atomic E-state index is 0.477. The molecule has 21 heavy (non-hydrogen) atoms. The Balaban J connectivity index is 2.59. The van der Waals surface area contributed by atoms with Crippen LogP contribution >= 0.6 is 0 Å². The van der Waals surface area contributed by atoms with Crippen molar-refractivity contribution < 1.29 is 14.6 Å². The highest BCUT2D eigenvalue weighted by molar-refractivity contribution is 5.83. The average molecular weight is 282 g/mol. The van der Waals surface area contributed by atoms with Gasteiger partial charge in [-0.1, -0.05) is 66.7 Å². The summed E-state index contributed by atoms with van der Waals surface area (Å²) in [6, 6.07) is 18.1. The molecular formula is C18H18O3. The summed E-state index contributed by atoms with van der Waals surface area (Å²) in [7, 11) is 1.27. The molecule has 2 aromatic rings. The van der Waals surface area contributed by atoms with E-state index < -0.39 is 17.5 Å². The lowest BCUT2D eigenvalue weighted by Crippen LogP contribution is -2.42. The van der Waals surface area contributed by atoms with E-state index >= 15 is 0 Å². The van der Waals surface area contributed by atoms with Gasteiger partial charge in [0.25, 0.3) is 0 Å². The second-order valence-corrected chi connectivity index (χ2v) is 4.75. The van der Waals surface area contributed by atoms with Gasteiger partial charge >= 0.3 is 5.97 Å². The van der Waals surface area contributed by atoms with Crippen molar-refractivity contribution in [3.05, 3.63) is 84.4 Å². The molecule has 0 saturated heterocycles. The van der Waals surface area contributed by atoms with Crippen LogP contribution in [0.4, 0.5) is 0 Å². The molecule has 0 heterocycles. The Morgan fingerprint density at radius 2 is 1.67 bits per heavy atom. The van der Waals surface area contributed by atoms with Crippen molar-refractivity contribution in [3.63, 3.8) is 0 Å². The quantitative estimate of drug-likeness (QED) is 0.677. The highest BCUT2D eigenvalue weighted by Crippen LogP contribution is 2.38. The number of methoxy groups -OCH3 is 1.